The van der Waals surface area contributed by atoms with Crippen LogP contribution in [0.25, 0.3) is 0 Å². The highest BCUT2D eigenvalue weighted by molar-refractivity contribution is 7.18. The van der Waals surface area contributed by atoms with Crippen LogP contribution in [-0.2, 0) is 4.79 Å². The fourth-order valence-corrected chi connectivity index (χ4v) is 2.03. The summed E-state index contributed by atoms with van der Waals surface area (Å²) in [5.41, 5.74) is 0. The van der Waals surface area contributed by atoms with Crippen molar-refractivity contribution in [1.29, 1.82) is 0 Å². The second-order valence-corrected chi connectivity index (χ2v) is 4.29. The summed E-state index contributed by atoms with van der Waals surface area (Å²) in [6, 6.07) is 0. The average Bonchev–Trinajstić information content (AvgIpc) is 2.60. The number of halogens is 1. The van der Waals surface area contributed by atoms with Crippen molar-refractivity contribution in [3.05, 3.63) is 10.0 Å². The van der Waals surface area contributed by atoms with Crippen LogP contribution in [-0.4, -0.2) is 42.6 Å². The first kappa shape index (κ1) is 12.7. The molecular formula is C8H10ClN3O3S. The number of carbonyl (C=O) groups is 2. The van der Waals surface area contributed by atoms with E-state index >= 15 is 0 Å². The standard InChI is InChI=1S/C8H10ClN3O3S/c1-10-4(13)3-12(2)8-11-6(9)5(16-8)7(14)15/h3H2,1-2H3,(H,10,13)(H,14,15). The van der Waals surface area contributed by atoms with Gasteiger partial charge in [-0.15, -0.1) is 0 Å². The molecule has 1 heterocycles. The number of nitrogens with one attached hydrogen (secondary N) is 1. The minimum absolute atomic E-state index is 0.0274. The number of thiazole rings is 1. The van der Waals surface area contributed by atoms with Crippen LogP contribution in [0.5, 0.6) is 0 Å². The summed E-state index contributed by atoms with van der Waals surface area (Å²) in [4.78, 5) is 27.2. The number of carboxylic acids is 1. The van der Waals surface area contributed by atoms with Gasteiger partial charge in [0.15, 0.2) is 15.2 Å². The quantitative estimate of drug-likeness (QED) is 0.835. The Hall–Kier alpha value is -1.34. The molecular weight excluding hydrogens is 254 g/mol. The number of hydrogen-bond donors (Lipinski definition) is 2. The summed E-state index contributed by atoms with van der Waals surface area (Å²) in [6.45, 7) is 0.0966. The maximum Gasteiger partial charge on any atom is 0.349 e. The zero-order chi connectivity index (χ0) is 12.3. The summed E-state index contributed by atoms with van der Waals surface area (Å²) in [5.74, 6) is -1.31. The van der Waals surface area contributed by atoms with Gasteiger partial charge in [-0.05, 0) is 0 Å². The minimum Gasteiger partial charge on any atom is -0.477 e. The van der Waals surface area contributed by atoms with Gasteiger partial charge < -0.3 is 15.3 Å². The summed E-state index contributed by atoms with van der Waals surface area (Å²) >= 11 is 6.58. The van der Waals surface area contributed by atoms with E-state index in [1.165, 1.54) is 11.9 Å². The predicted molar refractivity (Wildman–Crippen MR) is 61.4 cm³/mol. The van der Waals surface area contributed by atoms with E-state index in [9.17, 15) is 9.59 Å². The molecule has 0 radical (unpaired) electrons. The zero-order valence-electron chi connectivity index (χ0n) is 8.65. The molecule has 1 aromatic heterocycles. The third-order valence-electron chi connectivity index (χ3n) is 1.75. The Balaban J connectivity index is 2.84. The van der Waals surface area contributed by atoms with E-state index in [2.05, 4.69) is 10.3 Å². The lowest BCUT2D eigenvalue weighted by atomic mass is 10.5. The molecule has 0 fully saturated rings. The zero-order valence-corrected chi connectivity index (χ0v) is 10.2. The Kier molecular flexibility index (Phi) is 4.08. The maximum absolute atomic E-state index is 11.1. The first-order valence-electron chi connectivity index (χ1n) is 4.27. The van der Waals surface area contributed by atoms with Crippen LogP contribution in [0.3, 0.4) is 0 Å². The number of anilines is 1. The molecule has 0 spiro atoms. The number of carboxylic acid groups (broad SMARTS) is 1. The maximum atomic E-state index is 11.1. The fourth-order valence-electron chi connectivity index (χ4n) is 0.948. The molecule has 88 valence electrons. The van der Waals surface area contributed by atoms with Crippen molar-refractivity contribution >= 4 is 39.9 Å². The highest BCUT2D eigenvalue weighted by Crippen LogP contribution is 2.28. The van der Waals surface area contributed by atoms with Gasteiger partial charge in [-0.25, -0.2) is 9.78 Å². The molecule has 0 aromatic carbocycles. The van der Waals surface area contributed by atoms with Crippen LogP contribution in [0, 0.1) is 0 Å². The van der Waals surface area contributed by atoms with Crippen LogP contribution in [0.15, 0.2) is 0 Å². The van der Waals surface area contributed by atoms with Crippen molar-refractivity contribution in [2.24, 2.45) is 0 Å². The second-order valence-electron chi connectivity index (χ2n) is 2.95. The molecule has 0 saturated carbocycles. The molecule has 6 nitrogen and oxygen atoms in total. The smallest absolute Gasteiger partial charge is 0.349 e. The summed E-state index contributed by atoms with van der Waals surface area (Å²) in [5, 5.41) is 11.6. The lowest BCUT2D eigenvalue weighted by Gasteiger charge is -2.13. The molecule has 0 aliphatic heterocycles. The number of likely N-dealkylation sites (N-methyl/N-ethyl adjacent to an activating group) is 2. The van der Waals surface area contributed by atoms with Crippen molar-refractivity contribution in [1.82, 2.24) is 10.3 Å². The molecule has 1 rings (SSSR count). The highest BCUT2D eigenvalue weighted by Gasteiger charge is 2.18. The third-order valence-corrected chi connectivity index (χ3v) is 3.30. The highest BCUT2D eigenvalue weighted by atomic mass is 35.5. The van der Waals surface area contributed by atoms with Crippen LogP contribution in [0.4, 0.5) is 5.13 Å². The van der Waals surface area contributed by atoms with Gasteiger partial charge in [0.1, 0.15) is 0 Å². The van der Waals surface area contributed by atoms with Crippen molar-refractivity contribution in [2.45, 2.75) is 0 Å². The number of aromatic nitrogens is 1. The lowest BCUT2D eigenvalue weighted by Crippen LogP contribution is -2.32. The molecule has 0 aliphatic rings. The van der Waals surface area contributed by atoms with Gasteiger partial charge in [0.2, 0.25) is 5.91 Å². The average molecular weight is 264 g/mol. The summed E-state index contributed by atoms with van der Waals surface area (Å²) < 4.78 is 0. The first-order valence-corrected chi connectivity index (χ1v) is 5.46. The number of carbonyl (C=O) groups excluding carboxylic acids is 1. The van der Waals surface area contributed by atoms with Crippen molar-refractivity contribution in [3.63, 3.8) is 0 Å². The monoisotopic (exact) mass is 263 g/mol. The van der Waals surface area contributed by atoms with Gasteiger partial charge in [0.05, 0.1) is 6.54 Å². The lowest BCUT2D eigenvalue weighted by molar-refractivity contribution is -0.119. The van der Waals surface area contributed by atoms with E-state index < -0.39 is 5.97 Å². The molecule has 0 atom stereocenters. The van der Waals surface area contributed by atoms with E-state index in [4.69, 9.17) is 16.7 Å². The number of aromatic carboxylic acids is 1. The molecule has 1 amide bonds. The van der Waals surface area contributed by atoms with Gasteiger partial charge in [0.25, 0.3) is 0 Å². The summed E-state index contributed by atoms with van der Waals surface area (Å²) in [7, 11) is 3.16. The Morgan fingerprint density at radius 3 is 2.69 bits per heavy atom. The Morgan fingerprint density at radius 1 is 1.62 bits per heavy atom. The van der Waals surface area contributed by atoms with Gasteiger partial charge in [0, 0.05) is 14.1 Å². The van der Waals surface area contributed by atoms with E-state index in [-0.39, 0.29) is 22.5 Å². The predicted octanol–water partition coefficient (Wildman–Crippen LogP) is 0.677. The largest absolute Gasteiger partial charge is 0.477 e. The molecule has 0 unspecified atom stereocenters. The van der Waals surface area contributed by atoms with Crippen LogP contribution in [0.1, 0.15) is 9.67 Å². The Labute approximate surface area is 101 Å². The second kappa shape index (κ2) is 5.13. The molecule has 0 saturated heterocycles. The van der Waals surface area contributed by atoms with Crippen LogP contribution in [0.2, 0.25) is 5.15 Å². The fraction of sp³-hybridized carbons (Fsp3) is 0.375. The number of rotatable bonds is 4. The van der Waals surface area contributed by atoms with E-state index in [0.717, 1.165) is 11.3 Å². The van der Waals surface area contributed by atoms with Crippen LogP contribution < -0.4 is 10.2 Å². The third kappa shape index (κ3) is 2.83. The molecule has 16 heavy (non-hydrogen) atoms. The molecule has 0 bridgehead atoms. The molecule has 1 aromatic rings. The molecule has 2 N–H and O–H groups in total. The van der Waals surface area contributed by atoms with Crippen molar-refractivity contribution < 1.29 is 14.7 Å². The van der Waals surface area contributed by atoms with Crippen molar-refractivity contribution in [3.8, 4) is 0 Å². The molecule has 0 aliphatic carbocycles. The van der Waals surface area contributed by atoms with E-state index in [0.29, 0.717) is 5.13 Å². The minimum atomic E-state index is -1.12. The Bertz CT molecular complexity index is 421. The first-order chi connectivity index (χ1) is 7.45. The SMILES string of the molecule is CNC(=O)CN(C)c1nc(Cl)c(C(=O)O)s1. The Morgan fingerprint density at radius 2 is 2.25 bits per heavy atom. The van der Waals surface area contributed by atoms with Gasteiger partial charge >= 0.3 is 5.97 Å². The number of amides is 1. The normalized spacial score (nSPS) is 9.94. The van der Waals surface area contributed by atoms with Crippen molar-refractivity contribution in [2.75, 3.05) is 25.5 Å². The number of hydrogen-bond acceptors (Lipinski definition) is 5. The molecule has 8 heteroatoms. The van der Waals surface area contributed by atoms with Crippen LogP contribution >= 0.6 is 22.9 Å². The number of nitrogens with zero attached hydrogens (tertiary/aromatic N) is 2. The van der Waals surface area contributed by atoms with E-state index in [1.54, 1.807) is 7.05 Å². The van der Waals surface area contributed by atoms with Gasteiger partial charge in [-0.3, -0.25) is 4.79 Å². The van der Waals surface area contributed by atoms with Gasteiger partial charge in [-0.2, -0.15) is 0 Å². The van der Waals surface area contributed by atoms with E-state index in [1.807, 2.05) is 0 Å². The van der Waals surface area contributed by atoms with Gasteiger partial charge in [-0.1, -0.05) is 22.9 Å². The topological polar surface area (TPSA) is 82.5 Å². The summed E-state index contributed by atoms with van der Waals surface area (Å²) in [6.07, 6.45) is 0.